The van der Waals surface area contributed by atoms with Crippen molar-refractivity contribution in [2.75, 3.05) is 11.4 Å². The Bertz CT molecular complexity index is 793. The van der Waals surface area contributed by atoms with Gasteiger partial charge in [-0.2, -0.15) is 0 Å². The van der Waals surface area contributed by atoms with Gasteiger partial charge in [-0.25, -0.2) is 4.98 Å². The first-order valence-electron chi connectivity index (χ1n) is 9.30. The Balaban J connectivity index is 1.81. The maximum Gasteiger partial charge on any atom is 0.231 e. The van der Waals surface area contributed by atoms with Crippen molar-refractivity contribution in [1.29, 1.82) is 0 Å². The smallest absolute Gasteiger partial charge is 0.231 e. The molecule has 142 valence electrons. The zero-order valence-corrected chi connectivity index (χ0v) is 16.4. The van der Waals surface area contributed by atoms with Crippen LogP contribution in [0.5, 0.6) is 0 Å². The molecule has 1 atom stereocenters. The average molecular weight is 384 g/mol. The molecule has 0 radical (unpaired) electrons. The molecule has 1 aliphatic rings. The quantitative estimate of drug-likeness (QED) is 0.740. The Hall–Kier alpha value is -2.47. The highest BCUT2D eigenvalue weighted by molar-refractivity contribution is 7.16. The fourth-order valence-corrected chi connectivity index (χ4v) is 4.51. The van der Waals surface area contributed by atoms with Crippen LogP contribution < -0.4 is 10.2 Å². The molecule has 0 fully saturated rings. The van der Waals surface area contributed by atoms with Gasteiger partial charge in [-0.05, 0) is 31.2 Å². The van der Waals surface area contributed by atoms with E-state index in [1.807, 2.05) is 30.3 Å². The van der Waals surface area contributed by atoms with Gasteiger partial charge in [-0.1, -0.05) is 36.4 Å². The molecule has 6 heteroatoms. The Morgan fingerprint density at radius 3 is 2.70 bits per heavy atom. The number of anilines is 1. The van der Waals surface area contributed by atoms with E-state index in [0.29, 0.717) is 6.54 Å². The first-order chi connectivity index (χ1) is 13.1. The standard InChI is InChI=1S/C21H25N3O2S/c1-3-13-24(21-23-17-11-7-8-12-19(17)27-21)20(26)14-18(22-15(2)25)16-9-5-4-6-10-16/h3-6,9-10,18H,1,7-8,11-14H2,2H3,(H,22,25). The van der Waals surface area contributed by atoms with Crippen LogP contribution in [-0.4, -0.2) is 23.3 Å². The van der Waals surface area contributed by atoms with Crippen molar-refractivity contribution in [2.24, 2.45) is 0 Å². The molecule has 0 bridgehead atoms. The number of aryl methyl sites for hydroxylation is 2. The summed E-state index contributed by atoms with van der Waals surface area (Å²) < 4.78 is 0. The second-order valence-electron chi connectivity index (χ2n) is 6.73. The molecule has 0 spiro atoms. The number of fused-ring (bicyclic) bond motifs is 1. The molecule has 1 aromatic heterocycles. The van der Waals surface area contributed by atoms with Gasteiger partial charge in [0.1, 0.15) is 0 Å². The Morgan fingerprint density at radius 2 is 2.04 bits per heavy atom. The largest absolute Gasteiger partial charge is 0.349 e. The molecule has 27 heavy (non-hydrogen) atoms. The number of nitrogens with one attached hydrogen (secondary N) is 1. The fourth-order valence-electron chi connectivity index (χ4n) is 3.34. The number of amides is 2. The van der Waals surface area contributed by atoms with E-state index >= 15 is 0 Å². The van der Waals surface area contributed by atoms with Crippen molar-refractivity contribution in [3.05, 3.63) is 59.1 Å². The van der Waals surface area contributed by atoms with Crippen LogP contribution in [0.15, 0.2) is 43.0 Å². The van der Waals surface area contributed by atoms with E-state index in [4.69, 9.17) is 4.98 Å². The first kappa shape index (κ1) is 19.3. The lowest BCUT2D eigenvalue weighted by molar-refractivity contribution is -0.121. The molecule has 0 saturated carbocycles. The van der Waals surface area contributed by atoms with Crippen LogP contribution in [0.4, 0.5) is 5.13 Å². The van der Waals surface area contributed by atoms with Crippen LogP contribution in [0.25, 0.3) is 0 Å². The minimum Gasteiger partial charge on any atom is -0.349 e. The summed E-state index contributed by atoms with van der Waals surface area (Å²) in [6.07, 6.45) is 6.27. The van der Waals surface area contributed by atoms with Gasteiger partial charge in [0.2, 0.25) is 11.8 Å². The lowest BCUT2D eigenvalue weighted by atomic mass is 10.0. The van der Waals surface area contributed by atoms with Crippen molar-refractivity contribution in [3.63, 3.8) is 0 Å². The van der Waals surface area contributed by atoms with E-state index in [2.05, 4.69) is 11.9 Å². The zero-order valence-electron chi connectivity index (χ0n) is 15.6. The molecule has 5 nitrogen and oxygen atoms in total. The molecule has 3 rings (SSSR count). The molecule has 1 aromatic carbocycles. The monoisotopic (exact) mass is 383 g/mol. The second kappa shape index (κ2) is 8.95. The number of hydrogen-bond acceptors (Lipinski definition) is 4. The molecule has 1 aliphatic carbocycles. The van der Waals surface area contributed by atoms with E-state index in [1.54, 1.807) is 22.3 Å². The van der Waals surface area contributed by atoms with Crippen LogP contribution in [0.2, 0.25) is 0 Å². The fraction of sp³-hybridized carbons (Fsp3) is 0.381. The third-order valence-corrected chi connectivity index (χ3v) is 5.82. The summed E-state index contributed by atoms with van der Waals surface area (Å²) in [6.45, 7) is 5.67. The maximum absolute atomic E-state index is 13.1. The number of aromatic nitrogens is 1. The third kappa shape index (κ3) is 4.83. The summed E-state index contributed by atoms with van der Waals surface area (Å²) in [4.78, 5) is 32.4. The van der Waals surface area contributed by atoms with Gasteiger partial charge in [-0.15, -0.1) is 17.9 Å². The third-order valence-electron chi connectivity index (χ3n) is 4.64. The highest BCUT2D eigenvalue weighted by Gasteiger charge is 2.25. The topological polar surface area (TPSA) is 62.3 Å². The number of rotatable bonds is 7. The van der Waals surface area contributed by atoms with Gasteiger partial charge in [0.15, 0.2) is 5.13 Å². The van der Waals surface area contributed by atoms with Crippen molar-refractivity contribution in [3.8, 4) is 0 Å². The summed E-state index contributed by atoms with van der Waals surface area (Å²) in [7, 11) is 0. The molecule has 0 saturated heterocycles. The van der Waals surface area contributed by atoms with E-state index in [0.717, 1.165) is 35.7 Å². The second-order valence-corrected chi connectivity index (χ2v) is 7.80. The van der Waals surface area contributed by atoms with Gasteiger partial charge in [0, 0.05) is 18.3 Å². The zero-order chi connectivity index (χ0) is 19.2. The lowest BCUT2D eigenvalue weighted by Gasteiger charge is -2.23. The van der Waals surface area contributed by atoms with Gasteiger partial charge in [0.25, 0.3) is 0 Å². The van der Waals surface area contributed by atoms with Crippen LogP contribution in [0.1, 0.15) is 48.4 Å². The summed E-state index contributed by atoms with van der Waals surface area (Å²) in [6, 6.07) is 9.22. The Labute approximate surface area is 164 Å². The van der Waals surface area contributed by atoms with Gasteiger partial charge < -0.3 is 5.32 Å². The minimum absolute atomic E-state index is 0.0661. The van der Waals surface area contributed by atoms with E-state index < -0.39 is 0 Å². The minimum atomic E-state index is -0.363. The molecule has 1 heterocycles. The molecule has 1 unspecified atom stereocenters. The number of nitrogens with zero attached hydrogens (tertiary/aromatic N) is 2. The van der Waals surface area contributed by atoms with Crippen LogP contribution in [0.3, 0.4) is 0 Å². The molecular formula is C21H25N3O2S. The Morgan fingerprint density at radius 1 is 1.30 bits per heavy atom. The summed E-state index contributed by atoms with van der Waals surface area (Å²) in [5.41, 5.74) is 2.04. The van der Waals surface area contributed by atoms with E-state index in [9.17, 15) is 9.59 Å². The highest BCUT2D eigenvalue weighted by Crippen LogP contribution is 2.32. The normalized spacial score (nSPS) is 14.1. The van der Waals surface area contributed by atoms with Crippen molar-refractivity contribution in [2.45, 2.75) is 45.1 Å². The first-order valence-corrected chi connectivity index (χ1v) is 10.1. The number of hydrogen-bond donors (Lipinski definition) is 1. The number of benzene rings is 1. The molecule has 0 aliphatic heterocycles. The predicted molar refractivity (Wildman–Crippen MR) is 109 cm³/mol. The van der Waals surface area contributed by atoms with Crippen LogP contribution in [0, 0.1) is 0 Å². The molecular weight excluding hydrogens is 358 g/mol. The average Bonchev–Trinajstić information content (AvgIpc) is 3.09. The number of carbonyl (C=O) groups is 2. The number of thiazole rings is 1. The Kier molecular flexibility index (Phi) is 6.40. The molecule has 1 N–H and O–H groups in total. The summed E-state index contributed by atoms with van der Waals surface area (Å²) in [5, 5.41) is 3.63. The van der Waals surface area contributed by atoms with E-state index in [-0.39, 0.29) is 24.3 Å². The maximum atomic E-state index is 13.1. The van der Waals surface area contributed by atoms with Crippen molar-refractivity contribution >= 4 is 28.3 Å². The van der Waals surface area contributed by atoms with Gasteiger partial charge in [0.05, 0.1) is 18.2 Å². The van der Waals surface area contributed by atoms with Gasteiger partial charge in [-0.3, -0.25) is 14.5 Å². The number of carbonyl (C=O) groups excluding carboxylic acids is 2. The SMILES string of the molecule is C=CCN(C(=O)CC(NC(C)=O)c1ccccc1)c1nc2c(s1)CCCC2. The van der Waals surface area contributed by atoms with Crippen LogP contribution in [-0.2, 0) is 22.4 Å². The van der Waals surface area contributed by atoms with E-state index in [1.165, 1.54) is 18.2 Å². The lowest BCUT2D eigenvalue weighted by Crippen LogP contribution is -2.36. The molecule has 2 aromatic rings. The summed E-state index contributed by atoms with van der Waals surface area (Å²) >= 11 is 1.61. The van der Waals surface area contributed by atoms with Gasteiger partial charge >= 0.3 is 0 Å². The van der Waals surface area contributed by atoms with Crippen molar-refractivity contribution in [1.82, 2.24) is 10.3 Å². The summed E-state index contributed by atoms with van der Waals surface area (Å²) in [5.74, 6) is -0.222. The predicted octanol–water partition coefficient (Wildman–Crippen LogP) is 3.81. The van der Waals surface area contributed by atoms with Crippen molar-refractivity contribution < 1.29 is 9.59 Å². The van der Waals surface area contributed by atoms with Crippen LogP contribution >= 0.6 is 11.3 Å². The highest BCUT2D eigenvalue weighted by atomic mass is 32.1. The molecule has 2 amide bonds.